The Morgan fingerprint density at radius 2 is 2.25 bits per heavy atom. The molecule has 0 bridgehead atoms. The smallest absolute Gasteiger partial charge is 0.173 e. The van der Waals surface area contributed by atoms with Crippen LogP contribution in [-0.2, 0) is 9.47 Å². The normalized spacial score (nSPS) is 26.0. The van der Waals surface area contributed by atoms with Gasteiger partial charge in [0.05, 0.1) is 12.5 Å². The van der Waals surface area contributed by atoms with Gasteiger partial charge in [-0.2, -0.15) is 0 Å². The van der Waals surface area contributed by atoms with Crippen LogP contribution in [0.15, 0.2) is 48.7 Å². The van der Waals surface area contributed by atoms with E-state index in [0.717, 1.165) is 12.2 Å². The Morgan fingerprint density at radius 3 is 2.92 bits per heavy atom. The van der Waals surface area contributed by atoms with E-state index >= 15 is 0 Å². The average molecular weight is 162 g/mol. The second-order valence-corrected chi connectivity index (χ2v) is 2.60. The molecule has 0 spiro atoms. The van der Waals surface area contributed by atoms with Crippen LogP contribution in [-0.4, -0.2) is 6.10 Å². The molecule has 0 fully saturated rings. The Bertz CT molecular complexity index is 272. The highest BCUT2D eigenvalue weighted by atomic mass is 16.5. The Kier molecular flexibility index (Phi) is 1.99. The molecule has 0 aromatic rings. The van der Waals surface area contributed by atoms with Crippen molar-refractivity contribution in [3.8, 4) is 0 Å². The van der Waals surface area contributed by atoms with Crippen molar-refractivity contribution in [2.24, 2.45) is 0 Å². The molecular formula is C10H10O2. The van der Waals surface area contributed by atoms with Crippen molar-refractivity contribution < 1.29 is 9.47 Å². The topological polar surface area (TPSA) is 18.5 Å². The van der Waals surface area contributed by atoms with Gasteiger partial charge in [0.2, 0.25) is 0 Å². The molecule has 0 aromatic carbocycles. The summed E-state index contributed by atoms with van der Waals surface area (Å²) >= 11 is 0. The molecule has 2 rings (SSSR count). The predicted octanol–water partition coefficient (Wildman–Crippen LogP) is 2.27. The Morgan fingerprint density at radius 1 is 1.25 bits per heavy atom. The van der Waals surface area contributed by atoms with E-state index in [1.807, 2.05) is 30.4 Å². The quantitative estimate of drug-likeness (QED) is 0.588. The van der Waals surface area contributed by atoms with Gasteiger partial charge in [-0.3, -0.25) is 0 Å². The Labute approximate surface area is 71.5 Å². The number of hydrogen-bond acceptors (Lipinski definition) is 2. The monoisotopic (exact) mass is 162 g/mol. The van der Waals surface area contributed by atoms with Crippen molar-refractivity contribution in [1.29, 1.82) is 0 Å². The van der Waals surface area contributed by atoms with E-state index in [4.69, 9.17) is 9.47 Å². The molecule has 2 aliphatic rings. The molecule has 62 valence electrons. The second-order valence-electron chi connectivity index (χ2n) is 2.60. The first kappa shape index (κ1) is 7.22. The summed E-state index contributed by atoms with van der Waals surface area (Å²) in [5, 5.41) is 0. The first-order valence-corrected chi connectivity index (χ1v) is 3.97. The van der Waals surface area contributed by atoms with Crippen LogP contribution in [0.3, 0.4) is 0 Å². The van der Waals surface area contributed by atoms with Gasteiger partial charge in [-0.05, 0) is 30.7 Å². The lowest BCUT2D eigenvalue weighted by molar-refractivity contribution is 0.151. The number of allylic oxidation sites excluding steroid dienone is 4. The summed E-state index contributed by atoms with van der Waals surface area (Å²) in [6, 6.07) is 0. The van der Waals surface area contributed by atoms with Gasteiger partial charge >= 0.3 is 0 Å². The molecule has 1 unspecified atom stereocenters. The van der Waals surface area contributed by atoms with Crippen LogP contribution in [0.1, 0.15) is 6.42 Å². The fourth-order valence-electron chi connectivity index (χ4n) is 1.15. The highest BCUT2D eigenvalue weighted by Gasteiger charge is 2.14. The highest BCUT2D eigenvalue weighted by Crippen LogP contribution is 2.17. The maximum Gasteiger partial charge on any atom is 0.173 e. The maximum atomic E-state index is 5.32. The molecule has 0 aromatic heterocycles. The van der Waals surface area contributed by atoms with Gasteiger partial charge in [0.25, 0.3) is 0 Å². The third kappa shape index (κ3) is 1.42. The van der Waals surface area contributed by atoms with Gasteiger partial charge in [-0.15, -0.1) is 0 Å². The number of hydrogen-bond donors (Lipinski definition) is 0. The maximum absolute atomic E-state index is 5.32. The van der Waals surface area contributed by atoms with Crippen molar-refractivity contribution in [2.45, 2.75) is 12.5 Å². The summed E-state index contributed by atoms with van der Waals surface area (Å²) < 4.78 is 10.6. The molecule has 1 atom stereocenters. The zero-order valence-electron chi connectivity index (χ0n) is 6.64. The van der Waals surface area contributed by atoms with E-state index in [1.165, 1.54) is 0 Å². The fourth-order valence-corrected chi connectivity index (χ4v) is 1.15. The lowest BCUT2D eigenvalue weighted by Crippen LogP contribution is -2.13. The molecule has 0 N–H and O–H groups in total. The van der Waals surface area contributed by atoms with Crippen molar-refractivity contribution >= 4 is 0 Å². The minimum Gasteiger partial charge on any atom is -0.486 e. The third-order valence-electron chi connectivity index (χ3n) is 1.74. The number of rotatable bonds is 1. The van der Waals surface area contributed by atoms with E-state index in [0.29, 0.717) is 0 Å². The molecule has 12 heavy (non-hydrogen) atoms. The van der Waals surface area contributed by atoms with Crippen LogP contribution in [0.25, 0.3) is 0 Å². The molecule has 2 heteroatoms. The van der Waals surface area contributed by atoms with Crippen LogP contribution in [0.2, 0.25) is 0 Å². The van der Waals surface area contributed by atoms with E-state index in [9.17, 15) is 0 Å². The summed E-state index contributed by atoms with van der Waals surface area (Å²) in [6.45, 7) is 0. The lowest BCUT2D eigenvalue weighted by atomic mass is 10.2. The van der Waals surface area contributed by atoms with Gasteiger partial charge in [-0.25, -0.2) is 0 Å². The molecule has 0 saturated heterocycles. The predicted molar refractivity (Wildman–Crippen MR) is 46.1 cm³/mol. The molecule has 0 radical (unpaired) electrons. The van der Waals surface area contributed by atoms with Gasteiger partial charge in [0.1, 0.15) is 5.76 Å². The molecule has 0 saturated carbocycles. The SMILES string of the molecule is C1=COC(C2=CCC=CO2)C=C1. The minimum atomic E-state index is -0.0417. The fraction of sp³-hybridized carbons (Fsp3) is 0.200. The van der Waals surface area contributed by atoms with Crippen LogP contribution in [0, 0.1) is 0 Å². The number of ether oxygens (including phenoxy) is 2. The Balaban J connectivity index is 2.04. The first-order valence-electron chi connectivity index (χ1n) is 3.97. The summed E-state index contributed by atoms with van der Waals surface area (Å²) in [7, 11) is 0. The molecule has 0 aliphatic carbocycles. The van der Waals surface area contributed by atoms with Crippen LogP contribution in [0.5, 0.6) is 0 Å². The van der Waals surface area contributed by atoms with E-state index in [2.05, 4.69) is 0 Å². The van der Waals surface area contributed by atoms with Crippen LogP contribution < -0.4 is 0 Å². The second kappa shape index (κ2) is 3.30. The van der Waals surface area contributed by atoms with E-state index in [1.54, 1.807) is 12.5 Å². The first-order chi connectivity index (χ1) is 5.97. The van der Waals surface area contributed by atoms with Crippen LogP contribution in [0.4, 0.5) is 0 Å². The van der Waals surface area contributed by atoms with Gasteiger partial charge in [-0.1, -0.05) is 6.08 Å². The minimum absolute atomic E-state index is 0.0417. The van der Waals surface area contributed by atoms with E-state index in [-0.39, 0.29) is 6.10 Å². The largest absolute Gasteiger partial charge is 0.486 e. The summed E-state index contributed by atoms with van der Waals surface area (Å²) in [4.78, 5) is 0. The van der Waals surface area contributed by atoms with E-state index < -0.39 is 0 Å². The van der Waals surface area contributed by atoms with Gasteiger partial charge < -0.3 is 9.47 Å². The van der Waals surface area contributed by atoms with Crippen molar-refractivity contribution in [2.75, 3.05) is 0 Å². The lowest BCUT2D eigenvalue weighted by Gasteiger charge is -2.18. The van der Waals surface area contributed by atoms with Crippen LogP contribution >= 0.6 is 0 Å². The summed E-state index contributed by atoms with van der Waals surface area (Å²) in [5.41, 5.74) is 0. The summed E-state index contributed by atoms with van der Waals surface area (Å²) in [6.07, 6.45) is 14.0. The molecule has 2 aliphatic heterocycles. The molecule has 2 heterocycles. The Hall–Kier alpha value is -1.44. The highest BCUT2D eigenvalue weighted by molar-refractivity contribution is 5.19. The van der Waals surface area contributed by atoms with Gasteiger partial charge in [0.15, 0.2) is 6.10 Å². The summed E-state index contributed by atoms with van der Waals surface area (Å²) in [5.74, 6) is 0.873. The van der Waals surface area contributed by atoms with Crippen molar-refractivity contribution in [3.05, 3.63) is 48.7 Å². The standard InChI is InChI=1S/C10H10O2/c1-3-7-11-9(5-1)10-6-2-4-8-12-10/h1,3-9H,2H2. The zero-order valence-corrected chi connectivity index (χ0v) is 6.64. The zero-order chi connectivity index (χ0) is 8.23. The molecular weight excluding hydrogens is 152 g/mol. The van der Waals surface area contributed by atoms with Crippen molar-refractivity contribution in [1.82, 2.24) is 0 Å². The molecule has 0 amide bonds. The van der Waals surface area contributed by atoms with Gasteiger partial charge in [0, 0.05) is 0 Å². The average Bonchev–Trinajstić information content (AvgIpc) is 2.21. The molecule has 2 nitrogen and oxygen atoms in total. The third-order valence-corrected chi connectivity index (χ3v) is 1.74. The van der Waals surface area contributed by atoms with Crippen molar-refractivity contribution in [3.63, 3.8) is 0 Å².